The van der Waals surface area contributed by atoms with Gasteiger partial charge in [-0.1, -0.05) is 0 Å². The van der Waals surface area contributed by atoms with E-state index in [2.05, 4.69) is 10.6 Å². The molecule has 0 atom stereocenters. The van der Waals surface area contributed by atoms with Crippen molar-refractivity contribution in [1.29, 1.82) is 0 Å². The third-order valence-corrected chi connectivity index (χ3v) is 3.15. The Bertz CT molecular complexity index is 258. The quantitative estimate of drug-likeness (QED) is 0.719. The van der Waals surface area contributed by atoms with Crippen molar-refractivity contribution in [3.8, 4) is 0 Å². The molecule has 0 saturated carbocycles. The van der Waals surface area contributed by atoms with Gasteiger partial charge in [0, 0.05) is 31.6 Å². The second-order valence-corrected chi connectivity index (χ2v) is 5.08. The zero-order valence-corrected chi connectivity index (χ0v) is 10.7. The van der Waals surface area contributed by atoms with Crippen LogP contribution in [-0.4, -0.2) is 49.5 Å². The Kier molecular flexibility index (Phi) is 6.80. The monoisotopic (exact) mass is 286 g/mol. The van der Waals surface area contributed by atoms with Crippen LogP contribution in [0.1, 0.15) is 12.8 Å². The number of alkyl halides is 3. The summed E-state index contributed by atoms with van der Waals surface area (Å²) in [6.07, 6.45) is 1.57. The van der Waals surface area contributed by atoms with E-state index in [1.165, 1.54) is 0 Å². The summed E-state index contributed by atoms with van der Waals surface area (Å²) in [5.41, 5.74) is -4.20. The summed E-state index contributed by atoms with van der Waals surface area (Å²) in [5, 5.41) is 5.50. The van der Waals surface area contributed by atoms with Crippen LogP contribution in [-0.2, 0) is 9.53 Å². The van der Waals surface area contributed by atoms with Crippen molar-refractivity contribution >= 4 is 17.7 Å². The topological polar surface area (TPSA) is 50.4 Å². The molecular formula is C10H17F3N2O2S. The minimum absolute atomic E-state index is 0.0514. The molecule has 8 heteroatoms. The van der Waals surface area contributed by atoms with E-state index >= 15 is 0 Å². The molecule has 0 spiro atoms. The summed E-state index contributed by atoms with van der Waals surface area (Å²) < 4.78 is 40.5. The van der Waals surface area contributed by atoms with E-state index in [0.29, 0.717) is 13.2 Å². The first-order valence-electron chi connectivity index (χ1n) is 5.76. The van der Waals surface area contributed by atoms with Crippen LogP contribution in [0.5, 0.6) is 0 Å². The third-order valence-electron chi connectivity index (χ3n) is 2.42. The van der Waals surface area contributed by atoms with Crippen molar-refractivity contribution < 1.29 is 22.7 Å². The van der Waals surface area contributed by atoms with Crippen molar-refractivity contribution in [2.24, 2.45) is 0 Å². The predicted octanol–water partition coefficient (Wildman–Crippen LogP) is 1.12. The minimum atomic E-state index is -4.20. The zero-order valence-electron chi connectivity index (χ0n) is 9.89. The van der Waals surface area contributed by atoms with Crippen LogP contribution >= 0.6 is 11.8 Å². The molecule has 0 aromatic rings. The molecule has 2 N–H and O–H groups in total. The molecule has 106 valence electrons. The Morgan fingerprint density at radius 3 is 2.61 bits per heavy atom. The van der Waals surface area contributed by atoms with Crippen molar-refractivity contribution in [2.45, 2.75) is 24.4 Å². The van der Waals surface area contributed by atoms with Gasteiger partial charge in [-0.15, -0.1) is 0 Å². The minimum Gasteiger partial charge on any atom is -0.381 e. The smallest absolute Gasteiger partial charge is 0.381 e. The first-order valence-corrected chi connectivity index (χ1v) is 6.74. The van der Waals surface area contributed by atoms with Crippen molar-refractivity contribution in [3.63, 3.8) is 0 Å². The molecule has 1 aliphatic heterocycles. The molecule has 0 unspecified atom stereocenters. The molecule has 18 heavy (non-hydrogen) atoms. The van der Waals surface area contributed by atoms with Gasteiger partial charge in [-0.25, -0.2) is 0 Å². The maximum Gasteiger partial charge on any atom is 0.441 e. The van der Waals surface area contributed by atoms with Crippen LogP contribution < -0.4 is 10.6 Å². The number of ether oxygens (including phenoxy) is 1. The van der Waals surface area contributed by atoms with Crippen LogP contribution in [0.4, 0.5) is 13.2 Å². The predicted molar refractivity (Wildman–Crippen MR) is 63.4 cm³/mol. The lowest BCUT2D eigenvalue weighted by Crippen LogP contribution is -2.43. The molecule has 0 aromatic heterocycles. The Morgan fingerprint density at radius 2 is 2.00 bits per heavy atom. The van der Waals surface area contributed by atoms with Crippen LogP contribution in [0.2, 0.25) is 0 Å². The van der Waals surface area contributed by atoms with E-state index in [9.17, 15) is 18.0 Å². The van der Waals surface area contributed by atoms with Gasteiger partial charge in [0.05, 0.1) is 6.54 Å². The average Bonchev–Trinajstić information content (AvgIpc) is 2.28. The summed E-state index contributed by atoms with van der Waals surface area (Å²) >= 11 is -0.0898. The normalized spacial score (nSPS) is 17.7. The number of carbonyl (C=O) groups excluding carboxylic acids is 1. The molecule has 1 amide bonds. The van der Waals surface area contributed by atoms with Crippen molar-refractivity contribution in [1.82, 2.24) is 10.6 Å². The summed E-state index contributed by atoms with van der Waals surface area (Å²) in [6, 6.07) is 0.123. The molecule has 0 aromatic carbocycles. The first-order chi connectivity index (χ1) is 8.47. The second-order valence-electron chi connectivity index (χ2n) is 3.93. The lowest BCUT2D eigenvalue weighted by molar-refractivity contribution is -0.121. The number of thioether (sulfide) groups is 1. The summed E-state index contributed by atoms with van der Waals surface area (Å²) in [6.45, 7) is 1.49. The summed E-state index contributed by atoms with van der Waals surface area (Å²) in [7, 11) is 0. The van der Waals surface area contributed by atoms with E-state index in [-0.39, 0.29) is 42.6 Å². The fourth-order valence-electron chi connectivity index (χ4n) is 1.56. The maximum atomic E-state index is 11.8. The van der Waals surface area contributed by atoms with Gasteiger partial charge in [0.15, 0.2) is 0 Å². The Balaban J connectivity index is 1.99. The highest BCUT2D eigenvalue weighted by Gasteiger charge is 2.27. The highest BCUT2D eigenvalue weighted by molar-refractivity contribution is 8.00. The number of hydrogen-bond donors (Lipinski definition) is 2. The number of halogens is 3. The van der Waals surface area contributed by atoms with Gasteiger partial charge in [0.1, 0.15) is 0 Å². The lowest BCUT2D eigenvalue weighted by atomic mass is 10.1. The molecule has 1 heterocycles. The fourth-order valence-corrected chi connectivity index (χ4v) is 2.04. The van der Waals surface area contributed by atoms with Gasteiger partial charge >= 0.3 is 5.51 Å². The van der Waals surface area contributed by atoms with E-state index in [0.717, 1.165) is 12.8 Å². The van der Waals surface area contributed by atoms with Gasteiger partial charge in [0.25, 0.3) is 0 Å². The molecule has 1 aliphatic rings. The Morgan fingerprint density at radius 1 is 1.33 bits per heavy atom. The number of amides is 1. The number of rotatable bonds is 6. The molecule has 4 nitrogen and oxygen atoms in total. The van der Waals surface area contributed by atoms with E-state index < -0.39 is 5.51 Å². The largest absolute Gasteiger partial charge is 0.441 e. The maximum absolute atomic E-state index is 11.8. The van der Waals surface area contributed by atoms with Gasteiger partial charge in [-0.3, -0.25) is 4.79 Å². The van der Waals surface area contributed by atoms with Crippen LogP contribution in [0.3, 0.4) is 0 Å². The molecule has 1 rings (SSSR count). The van der Waals surface area contributed by atoms with E-state index in [1.807, 2.05) is 0 Å². The zero-order chi connectivity index (χ0) is 13.4. The molecule has 1 saturated heterocycles. The summed E-state index contributed by atoms with van der Waals surface area (Å²) in [4.78, 5) is 11.4. The van der Waals surface area contributed by atoms with E-state index in [4.69, 9.17) is 4.74 Å². The van der Waals surface area contributed by atoms with E-state index in [1.54, 1.807) is 0 Å². The Labute approximate surface area is 108 Å². The summed E-state index contributed by atoms with van der Waals surface area (Å²) in [5.74, 6) is -0.271. The van der Waals surface area contributed by atoms with Gasteiger partial charge < -0.3 is 15.4 Å². The number of hydrogen-bond acceptors (Lipinski definition) is 4. The highest BCUT2D eigenvalue weighted by atomic mass is 32.2. The number of nitrogens with one attached hydrogen (secondary N) is 2. The SMILES string of the molecule is O=C(CNCCSC(F)(F)F)NC1CCOCC1. The first kappa shape index (κ1) is 15.6. The fraction of sp³-hybridized carbons (Fsp3) is 0.900. The highest BCUT2D eigenvalue weighted by Crippen LogP contribution is 2.29. The van der Waals surface area contributed by atoms with Crippen LogP contribution in [0.15, 0.2) is 0 Å². The second kappa shape index (κ2) is 7.85. The van der Waals surface area contributed by atoms with Crippen LogP contribution in [0, 0.1) is 0 Å². The number of carbonyl (C=O) groups is 1. The van der Waals surface area contributed by atoms with Gasteiger partial charge in [-0.2, -0.15) is 13.2 Å². The Hall–Kier alpha value is -0.470. The molecule has 0 aliphatic carbocycles. The molecule has 0 radical (unpaired) electrons. The van der Waals surface area contributed by atoms with Gasteiger partial charge in [0.2, 0.25) is 5.91 Å². The molecule has 0 bridgehead atoms. The van der Waals surface area contributed by atoms with Crippen molar-refractivity contribution in [2.75, 3.05) is 32.1 Å². The lowest BCUT2D eigenvalue weighted by Gasteiger charge is -2.23. The van der Waals surface area contributed by atoms with Crippen molar-refractivity contribution in [3.05, 3.63) is 0 Å². The third kappa shape index (κ3) is 7.78. The van der Waals surface area contributed by atoms with Gasteiger partial charge in [-0.05, 0) is 24.6 Å². The van der Waals surface area contributed by atoms with Crippen LogP contribution in [0.25, 0.3) is 0 Å². The average molecular weight is 286 g/mol. The molecule has 1 fully saturated rings. The molecular weight excluding hydrogens is 269 g/mol. The standard InChI is InChI=1S/C10H17F3N2O2S/c11-10(12,13)18-6-3-14-7-9(16)15-8-1-4-17-5-2-8/h8,14H,1-7H2,(H,15,16).